The predicted octanol–water partition coefficient (Wildman–Crippen LogP) is 4.75. The molecule has 154 valence electrons. The lowest BCUT2D eigenvalue weighted by atomic mass is 10.1. The van der Waals surface area contributed by atoms with E-state index in [2.05, 4.69) is 72.2 Å². The molecule has 29 heavy (non-hydrogen) atoms. The van der Waals surface area contributed by atoms with Crippen molar-refractivity contribution < 1.29 is 4.79 Å². The number of rotatable bonds is 7. The third-order valence-corrected chi connectivity index (χ3v) is 5.97. The van der Waals surface area contributed by atoms with Crippen molar-refractivity contribution in [1.29, 1.82) is 0 Å². The first kappa shape index (κ1) is 22.2. The van der Waals surface area contributed by atoms with Crippen LogP contribution in [0.2, 0.25) is 0 Å². The van der Waals surface area contributed by atoms with Crippen LogP contribution in [0.3, 0.4) is 0 Å². The maximum absolute atomic E-state index is 12.3. The van der Waals surface area contributed by atoms with E-state index in [9.17, 15) is 4.79 Å². The lowest BCUT2D eigenvalue weighted by Gasteiger charge is -2.32. The Balaban J connectivity index is 1.44. The molecule has 2 aromatic rings. The van der Waals surface area contributed by atoms with Crippen molar-refractivity contribution in [3.8, 4) is 0 Å². The monoisotopic (exact) mass is 519 g/mol. The van der Waals surface area contributed by atoms with Crippen LogP contribution >= 0.6 is 31.9 Å². The van der Waals surface area contributed by atoms with E-state index in [1.165, 1.54) is 0 Å². The van der Waals surface area contributed by atoms with E-state index in [4.69, 9.17) is 0 Å². The van der Waals surface area contributed by atoms with Crippen LogP contribution in [0.4, 0.5) is 0 Å². The Bertz CT molecular complexity index is 823. The summed E-state index contributed by atoms with van der Waals surface area (Å²) in [6, 6.07) is 13.8. The zero-order valence-corrected chi connectivity index (χ0v) is 19.9. The first-order valence-corrected chi connectivity index (χ1v) is 11.5. The standard InChI is InChI=1S/C23H27Br2N3O/c1-27-11-13-28(14-12-27)10-2-9-26-23(29)20-7-5-18(6-8-20)3-4-19-15-21(24)17-22(25)16-19/h3-8,15-17H,2,9-14H2,1H3,(H,26,29)/b4-3+. The number of halogens is 2. The van der Waals surface area contributed by atoms with Gasteiger partial charge in [-0.05, 0) is 61.5 Å². The van der Waals surface area contributed by atoms with E-state index >= 15 is 0 Å². The highest BCUT2D eigenvalue weighted by Crippen LogP contribution is 2.21. The smallest absolute Gasteiger partial charge is 0.251 e. The molecule has 0 aromatic heterocycles. The topological polar surface area (TPSA) is 35.6 Å². The van der Waals surface area contributed by atoms with Gasteiger partial charge in [-0.25, -0.2) is 0 Å². The summed E-state index contributed by atoms with van der Waals surface area (Å²) in [5.41, 5.74) is 2.87. The number of amides is 1. The van der Waals surface area contributed by atoms with Crippen LogP contribution in [0, 0.1) is 0 Å². The molecule has 1 aliphatic rings. The van der Waals surface area contributed by atoms with E-state index in [-0.39, 0.29) is 5.91 Å². The average molecular weight is 521 g/mol. The fraction of sp³-hybridized carbons (Fsp3) is 0.348. The number of likely N-dealkylation sites (N-methyl/N-ethyl adjacent to an activating group) is 1. The summed E-state index contributed by atoms with van der Waals surface area (Å²) >= 11 is 7.00. The van der Waals surface area contributed by atoms with Gasteiger partial charge >= 0.3 is 0 Å². The van der Waals surface area contributed by atoms with Crippen molar-refractivity contribution >= 4 is 49.9 Å². The number of hydrogen-bond donors (Lipinski definition) is 1. The van der Waals surface area contributed by atoms with Gasteiger partial charge in [0.1, 0.15) is 0 Å². The van der Waals surface area contributed by atoms with Crippen LogP contribution < -0.4 is 5.32 Å². The molecule has 2 aromatic carbocycles. The van der Waals surface area contributed by atoms with Crippen LogP contribution in [-0.4, -0.2) is 62.0 Å². The summed E-state index contributed by atoms with van der Waals surface area (Å²) in [5, 5.41) is 3.03. The SMILES string of the molecule is CN1CCN(CCCNC(=O)c2ccc(/C=C/c3cc(Br)cc(Br)c3)cc2)CC1. The molecular formula is C23H27Br2N3O. The Morgan fingerprint density at radius 1 is 0.966 bits per heavy atom. The van der Waals surface area contributed by atoms with E-state index < -0.39 is 0 Å². The second-order valence-electron chi connectivity index (χ2n) is 7.41. The molecule has 0 bridgehead atoms. The summed E-state index contributed by atoms with van der Waals surface area (Å²) in [5.74, 6) is -0.00479. The fourth-order valence-electron chi connectivity index (χ4n) is 3.29. The zero-order valence-electron chi connectivity index (χ0n) is 16.7. The quantitative estimate of drug-likeness (QED) is 0.422. The van der Waals surface area contributed by atoms with Crippen molar-refractivity contribution in [2.75, 3.05) is 46.3 Å². The molecule has 1 fully saturated rings. The Morgan fingerprint density at radius 3 is 2.24 bits per heavy atom. The number of hydrogen-bond acceptors (Lipinski definition) is 3. The fourth-order valence-corrected chi connectivity index (χ4v) is 4.62. The van der Waals surface area contributed by atoms with E-state index in [0.717, 1.165) is 59.2 Å². The first-order chi connectivity index (χ1) is 14.0. The highest BCUT2D eigenvalue weighted by atomic mass is 79.9. The van der Waals surface area contributed by atoms with Crippen molar-refractivity contribution in [3.05, 3.63) is 68.1 Å². The minimum atomic E-state index is -0.00479. The van der Waals surface area contributed by atoms with E-state index in [0.29, 0.717) is 12.1 Å². The maximum Gasteiger partial charge on any atom is 0.251 e. The van der Waals surface area contributed by atoms with Gasteiger partial charge in [-0.1, -0.05) is 56.1 Å². The van der Waals surface area contributed by atoms with Crippen LogP contribution in [0.5, 0.6) is 0 Å². The van der Waals surface area contributed by atoms with Crippen molar-refractivity contribution in [2.24, 2.45) is 0 Å². The Hall–Kier alpha value is -1.47. The highest BCUT2D eigenvalue weighted by molar-refractivity contribution is 9.11. The van der Waals surface area contributed by atoms with E-state index in [1.807, 2.05) is 36.4 Å². The third-order valence-electron chi connectivity index (χ3n) is 5.06. The van der Waals surface area contributed by atoms with Gasteiger partial charge in [0.2, 0.25) is 0 Å². The Kier molecular flexibility index (Phi) is 8.48. The van der Waals surface area contributed by atoms with Gasteiger partial charge in [-0.15, -0.1) is 0 Å². The minimum Gasteiger partial charge on any atom is -0.352 e. The summed E-state index contributed by atoms with van der Waals surface area (Å²) in [6.45, 7) is 6.26. The molecule has 3 rings (SSSR count). The number of carbonyl (C=O) groups is 1. The molecule has 1 aliphatic heterocycles. The Labute approximate surface area is 190 Å². The zero-order chi connectivity index (χ0) is 20.6. The van der Waals surface area contributed by atoms with Gasteiger partial charge in [0.05, 0.1) is 0 Å². The molecule has 0 unspecified atom stereocenters. The molecule has 0 atom stereocenters. The van der Waals surface area contributed by atoms with Gasteiger partial charge in [-0.2, -0.15) is 0 Å². The van der Waals surface area contributed by atoms with Crippen LogP contribution in [0.25, 0.3) is 12.2 Å². The molecule has 1 heterocycles. The normalized spacial score (nSPS) is 15.7. The largest absolute Gasteiger partial charge is 0.352 e. The molecule has 1 saturated heterocycles. The van der Waals surface area contributed by atoms with E-state index in [1.54, 1.807) is 0 Å². The second kappa shape index (κ2) is 11.1. The Morgan fingerprint density at radius 2 is 1.59 bits per heavy atom. The first-order valence-electron chi connectivity index (χ1n) is 9.93. The van der Waals surface area contributed by atoms with Crippen LogP contribution in [-0.2, 0) is 0 Å². The lowest BCUT2D eigenvalue weighted by molar-refractivity contribution is 0.0949. The highest BCUT2D eigenvalue weighted by Gasteiger charge is 2.13. The maximum atomic E-state index is 12.3. The van der Waals surface area contributed by atoms with Crippen LogP contribution in [0.1, 0.15) is 27.9 Å². The molecule has 0 saturated carbocycles. The van der Waals surface area contributed by atoms with Gasteiger partial charge < -0.3 is 15.1 Å². The number of nitrogens with one attached hydrogen (secondary N) is 1. The van der Waals surface area contributed by atoms with Crippen LogP contribution in [0.15, 0.2) is 51.4 Å². The second-order valence-corrected chi connectivity index (χ2v) is 9.24. The molecule has 1 N–H and O–H groups in total. The molecule has 6 heteroatoms. The molecule has 1 amide bonds. The minimum absolute atomic E-state index is 0.00479. The summed E-state index contributed by atoms with van der Waals surface area (Å²) in [7, 11) is 2.17. The number of carbonyl (C=O) groups excluding carboxylic acids is 1. The van der Waals surface area contributed by atoms with Gasteiger partial charge in [0, 0.05) is 47.2 Å². The average Bonchev–Trinajstić information content (AvgIpc) is 2.70. The summed E-state index contributed by atoms with van der Waals surface area (Å²) in [6.07, 6.45) is 5.09. The van der Waals surface area contributed by atoms with Crippen molar-refractivity contribution in [2.45, 2.75) is 6.42 Å². The van der Waals surface area contributed by atoms with Gasteiger partial charge in [0.15, 0.2) is 0 Å². The van der Waals surface area contributed by atoms with Crippen molar-refractivity contribution in [1.82, 2.24) is 15.1 Å². The molecular weight excluding hydrogens is 494 g/mol. The third kappa shape index (κ3) is 7.37. The number of nitrogens with zero attached hydrogens (tertiary/aromatic N) is 2. The molecule has 0 spiro atoms. The predicted molar refractivity (Wildman–Crippen MR) is 128 cm³/mol. The lowest BCUT2D eigenvalue weighted by Crippen LogP contribution is -2.45. The van der Waals surface area contributed by atoms with Crippen molar-refractivity contribution in [3.63, 3.8) is 0 Å². The molecule has 0 radical (unpaired) electrons. The van der Waals surface area contributed by atoms with Gasteiger partial charge in [0.25, 0.3) is 5.91 Å². The number of benzene rings is 2. The summed E-state index contributed by atoms with van der Waals surface area (Å²) in [4.78, 5) is 17.2. The summed E-state index contributed by atoms with van der Waals surface area (Å²) < 4.78 is 2.07. The molecule has 0 aliphatic carbocycles. The molecule has 4 nitrogen and oxygen atoms in total. The van der Waals surface area contributed by atoms with Gasteiger partial charge in [-0.3, -0.25) is 4.79 Å². The number of piperazine rings is 1.